The molecule has 0 bridgehead atoms. The van der Waals surface area contributed by atoms with Crippen LogP contribution in [0.15, 0.2) is 54.6 Å². The van der Waals surface area contributed by atoms with Gasteiger partial charge in [0.1, 0.15) is 17.5 Å². The molecule has 1 aromatic heterocycles. The third-order valence-corrected chi connectivity index (χ3v) is 4.35. The number of para-hydroxylation sites is 1. The average molecular weight is 402 g/mol. The molecule has 2 aromatic carbocycles. The minimum atomic E-state index is -0.647. The number of hydrogen-bond acceptors (Lipinski definition) is 7. The fraction of sp³-hybridized carbons (Fsp3) is 0.136. The average Bonchev–Trinajstić information content (AvgIpc) is 2.74. The van der Waals surface area contributed by atoms with Crippen molar-refractivity contribution in [1.29, 1.82) is 5.26 Å². The molecule has 0 unspecified atom stereocenters. The van der Waals surface area contributed by atoms with Gasteiger partial charge in [-0.1, -0.05) is 30.3 Å². The van der Waals surface area contributed by atoms with Crippen molar-refractivity contribution in [2.45, 2.75) is 13.8 Å². The number of rotatable bonds is 6. The second-order valence-corrected chi connectivity index (χ2v) is 6.30. The van der Waals surface area contributed by atoms with E-state index in [0.29, 0.717) is 16.9 Å². The molecule has 8 heteroatoms. The van der Waals surface area contributed by atoms with Crippen molar-refractivity contribution in [1.82, 2.24) is 4.98 Å². The maximum absolute atomic E-state index is 12.7. The van der Waals surface area contributed by atoms with Crippen molar-refractivity contribution in [3.63, 3.8) is 0 Å². The van der Waals surface area contributed by atoms with Crippen LogP contribution in [0.3, 0.4) is 0 Å². The molecule has 1 heterocycles. The van der Waals surface area contributed by atoms with Crippen LogP contribution in [0.2, 0.25) is 0 Å². The first-order chi connectivity index (χ1) is 14.5. The fourth-order valence-electron chi connectivity index (χ4n) is 3.08. The van der Waals surface area contributed by atoms with Gasteiger partial charge < -0.3 is 10.1 Å². The van der Waals surface area contributed by atoms with Gasteiger partial charge in [0.25, 0.3) is 5.69 Å². The molecule has 150 valence electrons. The van der Waals surface area contributed by atoms with Gasteiger partial charge in [-0.25, -0.2) is 9.78 Å². The van der Waals surface area contributed by atoms with E-state index in [-0.39, 0.29) is 34.8 Å². The highest BCUT2D eigenvalue weighted by Gasteiger charge is 2.26. The van der Waals surface area contributed by atoms with E-state index in [0.717, 1.165) is 0 Å². The predicted octanol–water partition coefficient (Wildman–Crippen LogP) is 4.76. The van der Waals surface area contributed by atoms with E-state index in [1.807, 2.05) is 30.3 Å². The lowest BCUT2D eigenvalue weighted by molar-refractivity contribution is -0.384. The number of esters is 1. The Labute approximate surface area is 172 Å². The Morgan fingerprint density at radius 1 is 1.23 bits per heavy atom. The zero-order chi connectivity index (χ0) is 21.7. The fourth-order valence-corrected chi connectivity index (χ4v) is 3.08. The molecule has 0 radical (unpaired) electrons. The van der Waals surface area contributed by atoms with E-state index in [1.54, 1.807) is 19.9 Å². The number of benzene rings is 2. The van der Waals surface area contributed by atoms with Crippen molar-refractivity contribution in [2.75, 3.05) is 11.9 Å². The Kier molecular flexibility index (Phi) is 6.03. The molecule has 0 saturated heterocycles. The zero-order valence-electron chi connectivity index (χ0n) is 16.4. The number of hydrogen-bond donors (Lipinski definition) is 1. The standard InChI is InChI=1S/C22H18N4O4/c1-3-30-22(27)19-14(2)24-21(25-16-9-5-4-6-10-16)18(13-23)20(19)15-8-7-11-17(12-15)26(28)29/h4-12H,3H2,1-2H3,(H,24,25). The Morgan fingerprint density at radius 3 is 2.60 bits per heavy atom. The number of carbonyl (C=O) groups excluding carboxylic acids is 1. The topological polar surface area (TPSA) is 118 Å². The summed E-state index contributed by atoms with van der Waals surface area (Å²) in [5.74, 6) is -0.400. The molecular weight excluding hydrogens is 384 g/mol. The normalized spacial score (nSPS) is 10.2. The molecule has 0 aliphatic rings. The van der Waals surface area contributed by atoms with Crippen LogP contribution in [0.5, 0.6) is 0 Å². The summed E-state index contributed by atoms with van der Waals surface area (Å²) in [6, 6.07) is 17.0. The summed E-state index contributed by atoms with van der Waals surface area (Å²) in [5.41, 5.74) is 1.68. The Morgan fingerprint density at radius 2 is 1.97 bits per heavy atom. The second-order valence-electron chi connectivity index (χ2n) is 6.30. The van der Waals surface area contributed by atoms with E-state index >= 15 is 0 Å². The molecule has 0 fully saturated rings. The van der Waals surface area contributed by atoms with Crippen molar-refractivity contribution < 1.29 is 14.5 Å². The maximum atomic E-state index is 12.7. The first kappa shape index (κ1) is 20.5. The van der Waals surface area contributed by atoms with E-state index < -0.39 is 10.9 Å². The number of ether oxygens (including phenoxy) is 1. The summed E-state index contributed by atoms with van der Waals surface area (Å²) < 4.78 is 5.16. The summed E-state index contributed by atoms with van der Waals surface area (Å²) in [4.78, 5) is 27.8. The van der Waals surface area contributed by atoms with Gasteiger partial charge in [-0.05, 0) is 31.5 Å². The lowest BCUT2D eigenvalue weighted by atomic mass is 9.93. The van der Waals surface area contributed by atoms with Crippen LogP contribution in [0.4, 0.5) is 17.2 Å². The highest BCUT2D eigenvalue weighted by Crippen LogP contribution is 2.36. The van der Waals surface area contributed by atoms with Crippen LogP contribution in [-0.2, 0) is 4.74 Å². The minimum Gasteiger partial charge on any atom is -0.462 e. The number of nitrogens with zero attached hydrogens (tertiary/aromatic N) is 3. The number of anilines is 2. The summed E-state index contributed by atoms with van der Waals surface area (Å²) >= 11 is 0. The second kappa shape index (κ2) is 8.84. The van der Waals surface area contributed by atoms with Gasteiger partial charge in [0.2, 0.25) is 0 Å². The number of nitro groups is 1. The molecule has 1 N–H and O–H groups in total. The van der Waals surface area contributed by atoms with Crippen LogP contribution in [-0.4, -0.2) is 22.5 Å². The Balaban J connectivity index is 2.30. The molecule has 0 saturated carbocycles. The summed E-state index contributed by atoms with van der Waals surface area (Å²) in [6.45, 7) is 3.44. The van der Waals surface area contributed by atoms with Crippen LogP contribution in [0.25, 0.3) is 11.1 Å². The lowest BCUT2D eigenvalue weighted by Crippen LogP contribution is -2.13. The number of carbonyl (C=O) groups is 1. The van der Waals surface area contributed by atoms with Crippen molar-refractivity contribution >= 4 is 23.2 Å². The van der Waals surface area contributed by atoms with Gasteiger partial charge in [0, 0.05) is 23.4 Å². The van der Waals surface area contributed by atoms with Crippen LogP contribution in [0, 0.1) is 28.4 Å². The first-order valence-corrected chi connectivity index (χ1v) is 9.15. The van der Waals surface area contributed by atoms with Crippen LogP contribution in [0.1, 0.15) is 28.5 Å². The number of nitriles is 1. The van der Waals surface area contributed by atoms with E-state index in [4.69, 9.17) is 4.74 Å². The molecule has 8 nitrogen and oxygen atoms in total. The van der Waals surface area contributed by atoms with Gasteiger partial charge in [-0.15, -0.1) is 0 Å². The monoisotopic (exact) mass is 402 g/mol. The quantitative estimate of drug-likeness (QED) is 0.359. The number of aromatic nitrogens is 1. The molecule has 0 aliphatic heterocycles. The summed E-state index contributed by atoms with van der Waals surface area (Å²) in [5, 5.41) is 24.3. The largest absolute Gasteiger partial charge is 0.462 e. The van der Waals surface area contributed by atoms with Gasteiger partial charge in [-0.2, -0.15) is 5.26 Å². The zero-order valence-corrected chi connectivity index (χ0v) is 16.4. The van der Waals surface area contributed by atoms with Crippen molar-refractivity contribution in [2.24, 2.45) is 0 Å². The SMILES string of the molecule is CCOC(=O)c1c(C)nc(Nc2ccccc2)c(C#N)c1-c1cccc([N+](=O)[O-])c1. The number of nitrogens with one attached hydrogen (secondary N) is 1. The predicted molar refractivity (Wildman–Crippen MR) is 111 cm³/mol. The highest BCUT2D eigenvalue weighted by molar-refractivity contribution is 6.01. The third-order valence-electron chi connectivity index (χ3n) is 4.35. The smallest absolute Gasteiger partial charge is 0.340 e. The van der Waals surface area contributed by atoms with Crippen LogP contribution < -0.4 is 5.32 Å². The van der Waals surface area contributed by atoms with Crippen LogP contribution >= 0.6 is 0 Å². The maximum Gasteiger partial charge on any atom is 0.340 e. The molecule has 3 aromatic rings. The van der Waals surface area contributed by atoms with Crippen molar-refractivity contribution in [3.05, 3.63) is 81.5 Å². The number of aryl methyl sites for hydroxylation is 1. The van der Waals surface area contributed by atoms with Crippen molar-refractivity contribution in [3.8, 4) is 17.2 Å². The molecule has 0 spiro atoms. The molecule has 0 amide bonds. The number of nitro benzene ring substituents is 1. The minimum absolute atomic E-state index is 0.0907. The number of pyridine rings is 1. The summed E-state index contributed by atoms with van der Waals surface area (Å²) in [7, 11) is 0. The molecule has 30 heavy (non-hydrogen) atoms. The molecule has 0 atom stereocenters. The summed E-state index contributed by atoms with van der Waals surface area (Å²) in [6.07, 6.45) is 0. The van der Waals surface area contributed by atoms with Gasteiger partial charge in [0.15, 0.2) is 0 Å². The van der Waals surface area contributed by atoms with Gasteiger partial charge >= 0.3 is 5.97 Å². The van der Waals surface area contributed by atoms with E-state index in [9.17, 15) is 20.2 Å². The molecule has 3 rings (SSSR count). The Hall–Kier alpha value is -4.25. The van der Waals surface area contributed by atoms with Gasteiger partial charge in [-0.3, -0.25) is 10.1 Å². The van der Waals surface area contributed by atoms with Gasteiger partial charge in [0.05, 0.1) is 22.8 Å². The third kappa shape index (κ3) is 4.10. The van der Waals surface area contributed by atoms with E-state index in [1.165, 1.54) is 18.2 Å². The number of non-ortho nitro benzene ring substituents is 1. The Bertz CT molecular complexity index is 1150. The first-order valence-electron chi connectivity index (χ1n) is 9.15. The highest BCUT2D eigenvalue weighted by atomic mass is 16.6. The molecule has 0 aliphatic carbocycles. The lowest BCUT2D eigenvalue weighted by Gasteiger charge is -2.17. The molecular formula is C22H18N4O4. The van der Waals surface area contributed by atoms with E-state index in [2.05, 4.69) is 16.4 Å².